The normalized spacial score (nSPS) is 29.3. The molecule has 0 aromatic carbocycles. The van der Waals surface area contributed by atoms with Gasteiger partial charge >= 0.3 is 6.61 Å². The Hall–Kier alpha value is -3.04. The van der Waals surface area contributed by atoms with Crippen molar-refractivity contribution in [2.75, 3.05) is 30.3 Å². The maximum Gasteiger partial charge on any atom is 0.387 e. The number of aromatic nitrogens is 3. The topological polar surface area (TPSA) is 97.5 Å². The van der Waals surface area contributed by atoms with Gasteiger partial charge in [-0.25, -0.2) is 15.0 Å². The molecule has 2 unspecified atom stereocenters. The van der Waals surface area contributed by atoms with Crippen LogP contribution in [0, 0.1) is 17.8 Å². The van der Waals surface area contributed by atoms with Crippen molar-refractivity contribution in [1.82, 2.24) is 19.9 Å². The summed E-state index contributed by atoms with van der Waals surface area (Å²) in [6.07, 6.45) is 4.39. The summed E-state index contributed by atoms with van der Waals surface area (Å²) < 4.78 is 30.2. The third kappa shape index (κ3) is 3.46. The van der Waals surface area contributed by atoms with Crippen LogP contribution >= 0.6 is 0 Å². The summed E-state index contributed by atoms with van der Waals surface area (Å²) in [6.45, 7) is 1.38. The Bertz CT molecular complexity index is 1100. The predicted octanol–water partition coefficient (Wildman–Crippen LogP) is 2.90. The van der Waals surface area contributed by atoms with Crippen LogP contribution in [-0.2, 0) is 4.79 Å². The molecule has 2 bridgehead atoms. The fourth-order valence-electron chi connectivity index (χ4n) is 5.85. The van der Waals surface area contributed by atoms with Gasteiger partial charge in [0.1, 0.15) is 0 Å². The highest BCUT2D eigenvalue weighted by molar-refractivity contribution is 5.76. The number of hydrogen-bond acceptors (Lipinski definition) is 7. The second-order valence-electron chi connectivity index (χ2n) is 9.61. The van der Waals surface area contributed by atoms with Crippen molar-refractivity contribution in [3.63, 3.8) is 0 Å². The molecule has 7 rings (SSSR count). The van der Waals surface area contributed by atoms with Gasteiger partial charge in [-0.2, -0.15) is 8.78 Å². The second-order valence-corrected chi connectivity index (χ2v) is 9.61. The van der Waals surface area contributed by atoms with Crippen LogP contribution in [0.2, 0.25) is 0 Å². The number of carbonyl (C=O) groups excluding carboxylic acids is 1. The van der Waals surface area contributed by atoms with Gasteiger partial charge in [-0.3, -0.25) is 4.79 Å². The molecule has 1 amide bonds. The van der Waals surface area contributed by atoms with Crippen LogP contribution in [0.3, 0.4) is 0 Å². The molecule has 33 heavy (non-hydrogen) atoms. The highest BCUT2D eigenvalue weighted by Crippen LogP contribution is 2.58. The fraction of sp³-hybridized carbons (Fsp3) is 0.565. The summed E-state index contributed by atoms with van der Waals surface area (Å²) >= 11 is 0. The number of likely N-dealkylation sites (tertiary alicyclic amines) is 1. The van der Waals surface area contributed by atoms with E-state index in [0.29, 0.717) is 47.4 Å². The van der Waals surface area contributed by atoms with Crippen LogP contribution in [0.15, 0.2) is 18.3 Å². The minimum Gasteiger partial charge on any atom is -0.431 e. The Balaban J connectivity index is 1.34. The predicted molar refractivity (Wildman–Crippen MR) is 117 cm³/mol. The van der Waals surface area contributed by atoms with Crippen molar-refractivity contribution < 1.29 is 18.3 Å². The van der Waals surface area contributed by atoms with Gasteiger partial charge in [-0.05, 0) is 42.7 Å². The number of nitrogens with two attached hydrogens (primary N) is 1. The molecule has 5 heterocycles. The molecule has 2 aromatic heterocycles. The van der Waals surface area contributed by atoms with Crippen LogP contribution in [0.1, 0.15) is 37.8 Å². The molecule has 2 saturated carbocycles. The van der Waals surface area contributed by atoms with E-state index in [9.17, 15) is 13.6 Å². The van der Waals surface area contributed by atoms with Crippen LogP contribution in [0.25, 0.3) is 11.3 Å². The Morgan fingerprint density at radius 3 is 2.61 bits per heavy atom. The molecule has 2 aliphatic carbocycles. The van der Waals surface area contributed by atoms with Gasteiger partial charge in [0.2, 0.25) is 11.9 Å². The average Bonchev–Trinajstić information content (AvgIpc) is 3.18. The third-order valence-corrected chi connectivity index (χ3v) is 7.68. The van der Waals surface area contributed by atoms with Gasteiger partial charge in [-0.1, -0.05) is 6.92 Å². The Labute approximate surface area is 190 Å². The summed E-state index contributed by atoms with van der Waals surface area (Å²) in [5, 5.41) is 0. The summed E-state index contributed by atoms with van der Waals surface area (Å²) in [6, 6.07) is 3.86. The summed E-state index contributed by atoms with van der Waals surface area (Å²) in [4.78, 5) is 30.1. The molecule has 0 radical (unpaired) electrons. The summed E-state index contributed by atoms with van der Waals surface area (Å²) in [5.41, 5.74) is 7.86. The highest BCUT2D eigenvalue weighted by atomic mass is 19.3. The molecular formula is C23H26F2N6O2. The van der Waals surface area contributed by atoms with E-state index in [-0.39, 0.29) is 23.4 Å². The standard InChI is InChI=1S/C23H26F2N6O2/c1-2-19(32)30-9-14-15(10-30)20(14)17-6-16(12-5-18(33-22(24)25)21(26)27-7-12)28-23(29-17)31-8-11-3-13(31)4-11/h5-7,11,13-15,20,22H,2-4,8-10H2,1H3,(H2,26,27). The van der Waals surface area contributed by atoms with E-state index in [1.807, 2.05) is 17.9 Å². The zero-order valence-electron chi connectivity index (χ0n) is 18.3. The minimum absolute atomic E-state index is 0.0914. The molecule has 8 nitrogen and oxygen atoms in total. The van der Waals surface area contributed by atoms with Crippen LogP contribution < -0.4 is 15.4 Å². The Morgan fingerprint density at radius 1 is 1.21 bits per heavy atom. The van der Waals surface area contributed by atoms with Crippen molar-refractivity contribution >= 4 is 17.7 Å². The molecule has 0 spiro atoms. The van der Waals surface area contributed by atoms with E-state index < -0.39 is 6.61 Å². The number of amides is 1. The number of hydrogen-bond donors (Lipinski definition) is 1. The number of carbonyl (C=O) groups is 1. The van der Waals surface area contributed by atoms with Crippen LogP contribution in [-0.4, -0.2) is 58.0 Å². The number of piperidine rings is 1. The van der Waals surface area contributed by atoms with Crippen molar-refractivity contribution in [3.8, 4) is 17.0 Å². The molecule has 5 aliphatic rings. The van der Waals surface area contributed by atoms with E-state index in [1.54, 1.807) is 0 Å². The van der Waals surface area contributed by atoms with E-state index in [1.165, 1.54) is 25.1 Å². The third-order valence-electron chi connectivity index (χ3n) is 7.68. The monoisotopic (exact) mass is 456 g/mol. The van der Waals surface area contributed by atoms with E-state index in [4.69, 9.17) is 15.7 Å². The fourth-order valence-corrected chi connectivity index (χ4v) is 5.85. The molecule has 2 N–H and O–H groups in total. The molecule has 2 atom stereocenters. The van der Waals surface area contributed by atoms with E-state index >= 15 is 0 Å². The van der Waals surface area contributed by atoms with Gasteiger partial charge in [0.25, 0.3) is 0 Å². The number of halogens is 2. The first-order chi connectivity index (χ1) is 15.9. The molecule has 174 valence electrons. The largest absolute Gasteiger partial charge is 0.431 e. The molecule has 5 fully saturated rings. The number of rotatable bonds is 6. The molecule has 10 heteroatoms. The quantitative estimate of drug-likeness (QED) is 0.714. The van der Waals surface area contributed by atoms with Gasteiger partial charge in [-0.15, -0.1) is 0 Å². The smallest absolute Gasteiger partial charge is 0.387 e. The first-order valence-corrected chi connectivity index (χ1v) is 11.5. The Morgan fingerprint density at radius 2 is 1.97 bits per heavy atom. The number of fused-ring (bicyclic) bond motifs is 2. The number of alkyl halides is 2. The molecule has 2 aromatic rings. The van der Waals surface area contributed by atoms with Crippen molar-refractivity contribution in [1.29, 1.82) is 0 Å². The SMILES string of the molecule is CCC(=O)N1CC2C(C1)C2c1cc(-c2cnc(N)c(OC(F)F)c2)nc(N2CC3CC2C3)n1. The van der Waals surface area contributed by atoms with Gasteiger partial charge in [0, 0.05) is 49.8 Å². The lowest BCUT2D eigenvalue weighted by molar-refractivity contribution is -0.130. The Kier molecular flexibility index (Phi) is 4.67. The summed E-state index contributed by atoms with van der Waals surface area (Å²) in [7, 11) is 0. The number of pyridine rings is 1. The highest BCUT2D eigenvalue weighted by Gasteiger charge is 2.58. The van der Waals surface area contributed by atoms with Crippen molar-refractivity contribution in [2.45, 2.75) is 44.8 Å². The molecule has 3 saturated heterocycles. The molecular weight excluding hydrogens is 430 g/mol. The number of nitrogens with zero attached hydrogens (tertiary/aromatic N) is 5. The lowest BCUT2D eigenvalue weighted by Gasteiger charge is -2.26. The van der Waals surface area contributed by atoms with E-state index in [2.05, 4.69) is 14.6 Å². The zero-order chi connectivity index (χ0) is 22.9. The maximum absolute atomic E-state index is 12.8. The summed E-state index contributed by atoms with van der Waals surface area (Å²) in [5.74, 6) is 2.42. The first kappa shape index (κ1) is 20.6. The lowest BCUT2D eigenvalue weighted by atomic mass is 9.86. The lowest BCUT2D eigenvalue weighted by Crippen LogP contribution is -2.31. The first-order valence-electron chi connectivity index (χ1n) is 11.5. The van der Waals surface area contributed by atoms with Crippen LogP contribution in [0.5, 0.6) is 5.75 Å². The minimum atomic E-state index is -2.99. The van der Waals surface area contributed by atoms with E-state index in [0.717, 1.165) is 25.3 Å². The zero-order valence-corrected chi connectivity index (χ0v) is 18.3. The van der Waals surface area contributed by atoms with Gasteiger partial charge < -0.3 is 20.3 Å². The van der Waals surface area contributed by atoms with Crippen molar-refractivity contribution in [3.05, 3.63) is 24.0 Å². The van der Waals surface area contributed by atoms with Gasteiger partial charge in [0.05, 0.1) is 11.4 Å². The van der Waals surface area contributed by atoms with Gasteiger partial charge in [0.15, 0.2) is 11.6 Å². The average molecular weight is 456 g/mol. The van der Waals surface area contributed by atoms with Crippen LogP contribution in [0.4, 0.5) is 20.5 Å². The maximum atomic E-state index is 12.8. The molecule has 3 aliphatic heterocycles. The number of anilines is 2. The number of ether oxygens (including phenoxy) is 1. The number of nitrogen functional groups attached to an aromatic ring is 1. The van der Waals surface area contributed by atoms with Crippen molar-refractivity contribution in [2.24, 2.45) is 17.8 Å². The second kappa shape index (κ2) is 7.50.